The van der Waals surface area contributed by atoms with Crippen LogP contribution in [0.25, 0.3) is 0 Å². The van der Waals surface area contributed by atoms with Crippen LogP contribution in [0.3, 0.4) is 0 Å². The maximum Gasteiger partial charge on any atom is 0.321 e. The standard InChI is InChI=1S/C18H20ClNO5S/c1-14-3-9-17(10-4-14)26(22,23)20(2)13-18(21)25-12-11-24-16-7-5-15(19)6-8-16/h3-10H,11-13H2,1-2H3. The van der Waals surface area contributed by atoms with Gasteiger partial charge in [-0.25, -0.2) is 8.42 Å². The van der Waals surface area contributed by atoms with Crippen molar-refractivity contribution in [2.45, 2.75) is 11.8 Å². The zero-order valence-corrected chi connectivity index (χ0v) is 16.1. The molecule has 0 amide bonds. The molecule has 0 aliphatic heterocycles. The van der Waals surface area contributed by atoms with Crippen LogP contribution < -0.4 is 4.74 Å². The summed E-state index contributed by atoms with van der Waals surface area (Å²) in [7, 11) is -2.41. The molecule has 0 aliphatic rings. The van der Waals surface area contributed by atoms with E-state index in [1.165, 1.54) is 19.2 Å². The van der Waals surface area contributed by atoms with Gasteiger partial charge in [0, 0.05) is 12.1 Å². The Labute approximate surface area is 158 Å². The molecule has 0 radical (unpaired) electrons. The Bertz CT molecular complexity index is 835. The summed E-state index contributed by atoms with van der Waals surface area (Å²) in [6.45, 7) is 1.66. The number of esters is 1. The van der Waals surface area contributed by atoms with E-state index >= 15 is 0 Å². The summed E-state index contributed by atoms with van der Waals surface area (Å²) < 4.78 is 36.2. The highest BCUT2D eigenvalue weighted by atomic mass is 35.5. The first-order chi connectivity index (χ1) is 12.3. The first-order valence-electron chi connectivity index (χ1n) is 7.86. The van der Waals surface area contributed by atoms with Gasteiger partial charge in [0.05, 0.1) is 4.90 Å². The molecule has 0 spiro atoms. The van der Waals surface area contributed by atoms with Crippen LogP contribution in [-0.2, 0) is 19.6 Å². The predicted octanol–water partition coefficient (Wildman–Crippen LogP) is 2.89. The third-order valence-corrected chi connectivity index (χ3v) is 5.58. The fourth-order valence-corrected chi connectivity index (χ4v) is 3.29. The maximum atomic E-state index is 12.4. The van der Waals surface area contributed by atoms with Gasteiger partial charge in [-0.05, 0) is 43.3 Å². The Morgan fingerprint density at radius 1 is 1.04 bits per heavy atom. The highest BCUT2D eigenvalue weighted by Crippen LogP contribution is 2.16. The Hall–Kier alpha value is -2.09. The Morgan fingerprint density at radius 2 is 1.65 bits per heavy atom. The molecule has 8 heteroatoms. The van der Waals surface area contributed by atoms with Crippen LogP contribution in [0, 0.1) is 6.92 Å². The number of carbonyl (C=O) groups is 1. The summed E-state index contributed by atoms with van der Waals surface area (Å²) in [4.78, 5) is 12.0. The Morgan fingerprint density at radius 3 is 2.27 bits per heavy atom. The molecule has 0 fully saturated rings. The molecule has 0 aromatic heterocycles. The van der Waals surface area contributed by atoms with Gasteiger partial charge < -0.3 is 9.47 Å². The molecule has 6 nitrogen and oxygen atoms in total. The lowest BCUT2D eigenvalue weighted by molar-refractivity contribution is -0.144. The molecule has 2 rings (SSSR count). The van der Waals surface area contributed by atoms with Crippen LogP contribution >= 0.6 is 11.6 Å². The van der Waals surface area contributed by atoms with Crippen molar-refractivity contribution in [3.8, 4) is 5.75 Å². The molecule has 0 saturated heterocycles. The van der Waals surface area contributed by atoms with Gasteiger partial charge in [-0.2, -0.15) is 4.31 Å². The van der Waals surface area contributed by atoms with Gasteiger partial charge in [0.25, 0.3) is 0 Å². The number of sulfonamides is 1. The molecule has 0 aliphatic carbocycles. The van der Waals surface area contributed by atoms with Crippen LogP contribution in [0.2, 0.25) is 5.02 Å². The second-order valence-corrected chi connectivity index (χ2v) is 8.08. The van der Waals surface area contributed by atoms with Gasteiger partial charge in [-0.3, -0.25) is 4.79 Å². The molecular formula is C18H20ClNO5S. The molecule has 2 aromatic rings. The third kappa shape index (κ3) is 5.72. The fourth-order valence-electron chi connectivity index (χ4n) is 2.05. The van der Waals surface area contributed by atoms with Gasteiger partial charge in [0.15, 0.2) is 0 Å². The lowest BCUT2D eigenvalue weighted by Crippen LogP contribution is -2.33. The van der Waals surface area contributed by atoms with E-state index in [9.17, 15) is 13.2 Å². The number of carbonyl (C=O) groups excluding carboxylic acids is 1. The van der Waals surface area contributed by atoms with E-state index in [4.69, 9.17) is 21.1 Å². The van der Waals surface area contributed by atoms with Crippen molar-refractivity contribution >= 4 is 27.6 Å². The van der Waals surface area contributed by atoms with Gasteiger partial charge >= 0.3 is 5.97 Å². The summed E-state index contributed by atoms with van der Waals surface area (Å²) in [6, 6.07) is 13.2. The minimum Gasteiger partial charge on any atom is -0.490 e. The number of aryl methyl sites for hydroxylation is 1. The van der Waals surface area contributed by atoms with Crippen molar-refractivity contribution in [1.82, 2.24) is 4.31 Å². The average molecular weight is 398 g/mol. The minimum absolute atomic E-state index is 0.0138. The Kier molecular flexibility index (Phi) is 7.02. The number of ether oxygens (including phenoxy) is 2. The quantitative estimate of drug-likeness (QED) is 0.506. The highest BCUT2D eigenvalue weighted by molar-refractivity contribution is 7.89. The first-order valence-corrected chi connectivity index (χ1v) is 9.68. The number of hydrogen-bond acceptors (Lipinski definition) is 5. The van der Waals surface area contributed by atoms with Crippen LogP contribution in [0.4, 0.5) is 0 Å². The van der Waals surface area contributed by atoms with Gasteiger partial charge in [0.1, 0.15) is 25.5 Å². The molecule has 0 bridgehead atoms. The third-order valence-electron chi connectivity index (χ3n) is 3.51. The predicted molar refractivity (Wildman–Crippen MR) is 98.9 cm³/mol. The lowest BCUT2D eigenvalue weighted by Gasteiger charge is -2.16. The van der Waals surface area contributed by atoms with E-state index in [0.29, 0.717) is 10.8 Å². The number of benzene rings is 2. The summed E-state index contributed by atoms with van der Waals surface area (Å²) in [6.07, 6.45) is 0. The number of likely N-dealkylation sites (N-methyl/N-ethyl adjacent to an activating group) is 1. The normalized spacial score (nSPS) is 11.4. The summed E-state index contributed by atoms with van der Waals surface area (Å²) >= 11 is 5.77. The molecule has 0 unspecified atom stereocenters. The highest BCUT2D eigenvalue weighted by Gasteiger charge is 2.23. The van der Waals surface area contributed by atoms with Crippen LogP contribution in [0.5, 0.6) is 5.75 Å². The number of nitrogens with zero attached hydrogens (tertiary/aromatic N) is 1. The smallest absolute Gasteiger partial charge is 0.321 e. The molecule has 0 atom stereocenters. The van der Waals surface area contributed by atoms with Crippen LogP contribution in [-0.4, -0.2) is 45.5 Å². The van der Waals surface area contributed by atoms with E-state index in [0.717, 1.165) is 9.87 Å². The average Bonchev–Trinajstić information content (AvgIpc) is 2.60. The van der Waals surface area contributed by atoms with Crippen molar-refractivity contribution in [3.63, 3.8) is 0 Å². The van der Waals surface area contributed by atoms with Gasteiger partial charge in [-0.1, -0.05) is 29.3 Å². The van der Waals surface area contributed by atoms with E-state index in [2.05, 4.69) is 0 Å². The van der Waals surface area contributed by atoms with Crippen molar-refractivity contribution in [2.75, 3.05) is 26.8 Å². The van der Waals surface area contributed by atoms with E-state index < -0.39 is 16.0 Å². The summed E-state index contributed by atoms with van der Waals surface area (Å²) in [5.41, 5.74) is 0.951. The van der Waals surface area contributed by atoms with Crippen molar-refractivity contribution < 1.29 is 22.7 Å². The van der Waals surface area contributed by atoms with Gasteiger partial charge in [-0.15, -0.1) is 0 Å². The molecule has 0 saturated carbocycles. The first kappa shape index (κ1) is 20.2. The topological polar surface area (TPSA) is 72.9 Å². The number of rotatable bonds is 8. The van der Waals surface area contributed by atoms with E-state index in [-0.39, 0.29) is 24.7 Å². The number of halogens is 1. The summed E-state index contributed by atoms with van der Waals surface area (Å²) in [5.74, 6) is -0.0487. The van der Waals surface area contributed by atoms with Crippen molar-refractivity contribution in [2.24, 2.45) is 0 Å². The van der Waals surface area contributed by atoms with Crippen LogP contribution in [0.15, 0.2) is 53.4 Å². The van der Waals surface area contributed by atoms with Crippen LogP contribution in [0.1, 0.15) is 5.56 Å². The minimum atomic E-state index is -3.74. The number of hydrogen-bond donors (Lipinski definition) is 0. The van der Waals surface area contributed by atoms with E-state index in [1.54, 1.807) is 36.4 Å². The van der Waals surface area contributed by atoms with E-state index in [1.807, 2.05) is 6.92 Å². The monoisotopic (exact) mass is 397 g/mol. The molecule has 26 heavy (non-hydrogen) atoms. The molecule has 140 valence electrons. The zero-order valence-electron chi connectivity index (χ0n) is 14.5. The zero-order chi connectivity index (χ0) is 19.2. The Balaban J connectivity index is 1.79. The lowest BCUT2D eigenvalue weighted by atomic mass is 10.2. The second kappa shape index (κ2) is 9.02. The van der Waals surface area contributed by atoms with Crippen molar-refractivity contribution in [3.05, 3.63) is 59.1 Å². The SMILES string of the molecule is Cc1ccc(S(=O)(=O)N(C)CC(=O)OCCOc2ccc(Cl)cc2)cc1. The fraction of sp³-hybridized carbons (Fsp3) is 0.278. The van der Waals surface area contributed by atoms with Gasteiger partial charge in [0.2, 0.25) is 10.0 Å². The molecule has 0 N–H and O–H groups in total. The second-order valence-electron chi connectivity index (χ2n) is 5.60. The molecule has 0 heterocycles. The maximum absolute atomic E-state index is 12.4. The largest absolute Gasteiger partial charge is 0.490 e. The summed E-state index contributed by atoms with van der Waals surface area (Å²) in [5, 5.41) is 0.599. The van der Waals surface area contributed by atoms with Crippen molar-refractivity contribution in [1.29, 1.82) is 0 Å². The molecule has 2 aromatic carbocycles. The molecular weight excluding hydrogens is 378 g/mol.